The molecule has 1 heterocycles. The molecule has 2 aromatic rings. The van der Waals surface area contributed by atoms with Crippen LogP contribution < -0.4 is 4.90 Å². The molecule has 0 spiro atoms. The number of hydrogen-bond donors (Lipinski definition) is 0. The molecule has 1 amide bonds. The quantitative estimate of drug-likeness (QED) is 0.572. The molecule has 1 aromatic carbocycles. The normalized spacial score (nSPS) is 15.0. The predicted molar refractivity (Wildman–Crippen MR) is 107 cm³/mol. The zero-order valence-electron chi connectivity index (χ0n) is 16.3. The van der Waals surface area contributed by atoms with E-state index in [9.17, 15) is 9.59 Å². The molecular weight excluding hydrogens is 340 g/mol. The van der Waals surface area contributed by atoms with Crippen LogP contribution in [0.1, 0.15) is 42.8 Å². The number of amides is 1. The molecule has 0 unspecified atom stereocenters. The monoisotopic (exact) mass is 366 g/mol. The van der Waals surface area contributed by atoms with Crippen molar-refractivity contribution in [2.45, 2.75) is 45.8 Å². The van der Waals surface area contributed by atoms with Gasteiger partial charge in [0.15, 0.2) is 6.10 Å². The number of para-hydroxylation sites is 1. The third kappa shape index (κ3) is 4.30. The first kappa shape index (κ1) is 19.0. The summed E-state index contributed by atoms with van der Waals surface area (Å²) in [4.78, 5) is 26.1. The molecule has 0 saturated heterocycles. The standard InChI is InChI=1S/C22H26N2O3/c1-15-14-18(16(2)24(15)20-11-12-20)10-13-21(25)27-17(3)22(26)23(4)19-8-6-5-7-9-19/h5-10,13-14,17,20H,11-12H2,1-4H3/b13-10+/t17-/m1/s1. The van der Waals surface area contributed by atoms with Crippen LogP contribution in [0.25, 0.3) is 6.08 Å². The Hall–Kier alpha value is -2.82. The number of carbonyl (C=O) groups is 2. The third-order valence-electron chi connectivity index (χ3n) is 4.95. The van der Waals surface area contributed by atoms with Gasteiger partial charge in [-0.25, -0.2) is 4.79 Å². The van der Waals surface area contributed by atoms with Gasteiger partial charge >= 0.3 is 5.97 Å². The molecule has 5 heteroatoms. The summed E-state index contributed by atoms with van der Waals surface area (Å²) in [6, 6.07) is 12.0. The summed E-state index contributed by atoms with van der Waals surface area (Å²) in [5.41, 5.74) is 4.13. The number of esters is 1. The first-order valence-electron chi connectivity index (χ1n) is 9.28. The van der Waals surface area contributed by atoms with Crippen molar-refractivity contribution in [2.75, 3.05) is 11.9 Å². The topological polar surface area (TPSA) is 51.5 Å². The fourth-order valence-corrected chi connectivity index (χ4v) is 3.34. The zero-order valence-corrected chi connectivity index (χ0v) is 16.3. The third-order valence-corrected chi connectivity index (χ3v) is 4.95. The Labute approximate surface area is 160 Å². The van der Waals surface area contributed by atoms with E-state index in [1.54, 1.807) is 20.0 Å². The second-order valence-electron chi connectivity index (χ2n) is 7.07. The molecule has 1 atom stereocenters. The van der Waals surface area contributed by atoms with Crippen LogP contribution in [0, 0.1) is 13.8 Å². The van der Waals surface area contributed by atoms with Gasteiger partial charge in [0.1, 0.15) is 0 Å². The maximum Gasteiger partial charge on any atom is 0.331 e. The van der Waals surface area contributed by atoms with Crippen molar-refractivity contribution in [1.29, 1.82) is 0 Å². The average Bonchev–Trinajstić information content (AvgIpc) is 3.45. The van der Waals surface area contributed by atoms with E-state index in [1.807, 2.05) is 30.3 Å². The number of carbonyl (C=O) groups excluding carboxylic acids is 2. The summed E-state index contributed by atoms with van der Waals surface area (Å²) in [5.74, 6) is -0.789. The highest BCUT2D eigenvalue weighted by molar-refractivity contribution is 5.98. The van der Waals surface area contributed by atoms with Gasteiger partial charge in [-0.3, -0.25) is 4.79 Å². The Kier molecular flexibility index (Phi) is 5.49. The number of aryl methyl sites for hydroxylation is 1. The van der Waals surface area contributed by atoms with Crippen molar-refractivity contribution >= 4 is 23.6 Å². The van der Waals surface area contributed by atoms with E-state index >= 15 is 0 Å². The number of benzene rings is 1. The molecule has 1 aliphatic rings. The molecule has 142 valence electrons. The van der Waals surface area contributed by atoms with Gasteiger partial charge in [-0.05, 0) is 63.5 Å². The van der Waals surface area contributed by atoms with Crippen LogP contribution in [0.4, 0.5) is 5.69 Å². The number of rotatable bonds is 6. The molecule has 5 nitrogen and oxygen atoms in total. The van der Waals surface area contributed by atoms with Gasteiger partial charge in [0.05, 0.1) is 0 Å². The lowest BCUT2D eigenvalue weighted by molar-refractivity contribution is -0.148. The van der Waals surface area contributed by atoms with Gasteiger partial charge in [-0.15, -0.1) is 0 Å². The largest absolute Gasteiger partial charge is 0.449 e. The minimum absolute atomic E-state index is 0.269. The molecule has 1 saturated carbocycles. The molecule has 1 aromatic heterocycles. The Morgan fingerprint density at radius 3 is 2.52 bits per heavy atom. The number of ether oxygens (including phenoxy) is 1. The molecular formula is C22H26N2O3. The van der Waals surface area contributed by atoms with Crippen LogP contribution in [0.2, 0.25) is 0 Å². The van der Waals surface area contributed by atoms with Crippen molar-refractivity contribution in [2.24, 2.45) is 0 Å². The van der Waals surface area contributed by atoms with Crippen LogP contribution >= 0.6 is 0 Å². The van der Waals surface area contributed by atoms with E-state index in [-0.39, 0.29) is 5.91 Å². The van der Waals surface area contributed by atoms with Crippen molar-refractivity contribution in [3.63, 3.8) is 0 Å². The van der Waals surface area contributed by atoms with Gasteiger partial charge in [-0.2, -0.15) is 0 Å². The summed E-state index contributed by atoms with van der Waals surface area (Å²) in [7, 11) is 1.67. The molecule has 3 rings (SSSR count). The van der Waals surface area contributed by atoms with Gasteiger partial charge < -0.3 is 14.2 Å². The highest BCUT2D eigenvalue weighted by Crippen LogP contribution is 2.38. The van der Waals surface area contributed by atoms with E-state index < -0.39 is 12.1 Å². The van der Waals surface area contributed by atoms with E-state index in [0.717, 1.165) is 16.9 Å². The molecule has 0 radical (unpaired) electrons. The van der Waals surface area contributed by atoms with Crippen molar-refractivity contribution < 1.29 is 14.3 Å². The Balaban J connectivity index is 1.61. The minimum Gasteiger partial charge on any atom is -0.449 e. The molecule has 0 N–H and O–H groups in total. The van der Waals surface area contributed by atoms with Crippen molar-refractivity contribution in [3.8, 4) is 0 Å². The van der Waals surface area contributed by atoms with Crippen molar-refractivity contribution in [1.82, 2.24) is 4.57 Å². The average molecular weight is 366 g/mol. The van der Waals surface area contributed by atoms with Gasteiger partial charge in [-0.1, -0.05) is 18.2 Å². The summed E-state index contributed by atoms with van der Waals surface area (Å²) >= 11 is 0. The molecule has 0 bridgehead atoms. The van der Waals surface area contributed by atoms with Crippen LogP contribution in [0.3, 0.4) is 0 Å². The lowest BCUT2D eigenvalue weighted by atomic mass is 10.2. The Bertz CT molecular complexity index is 863. The zero-order chi connectivity index (χ0) is 19.6. The van der Waals surface area contributed by atoms with Gasteiger partial charge in [0.2, 0.25) is 0 Å². The highest BCUT2D eigenvalue weighted by Gasteiger charge is 2.26. The molecule has 0 aliphatic heterocycles. The summed E-state index contributed by atoms with van der Waals surface area (Å²) in [6.45, 7) is 5.74. The van der Waals surface area contributed by atoms with Crippen LogP contribution in [0.15, 0.2) is 42.5 Å². The molecule has 1 fully saturated rings. The first-order valence-corrected chi connectivity index (χ1v) is 9.28. The maximum absolute atomic E-state index is 12.5. The smallest absolute Gasteiger partial charge is 0.331 e. The van der Waals surface area contributed by atoms with E-state index in [0.29, 0.717) is 6.04 Å². The number of likely N-dealkylation sites (N-methyl/N-ethyl adjacent to an activating group) is 1. The lowest BCUT2D eigenvalue weighted by Crippen LogP contribution is -2.37. The minimum atomic E-state index is -0.855. The first-order chi connectivity index (χ1) is 12.9. The van der Waals surface area contributed by atoms with Crippen LogP contribution in [0.5, 0.6) is 0 Å². The van der Waals surface area contributed by atoms with E-state index in [4.69, 9.17) is 4.74 Å². The molecule has 27 heavy (non-hydrogen) atoms. The fourth-order valence-electron chi connectivity index (χ4n) is 3.34. The van der Waals surface area contributed by atoms with Crippen LogP contribution in [-0.4, -0.2) is 29.6 Å². The Morgan fingerprint density at radius 2 is 1.89 bits per heavy atom. The SMILES string of the molecule is Cc1cc(/C=C/C(=O)O[C@H](C)C(=O)N(C)c2ccccc2)c(C)n1C1CC1. The summed E-state index contributed by atoms with van der Waals surface area (Å²) < 4.78 is 7.61. The van der Waals surface area contributed by atoms with Crippen molar-refractivity contribution in [3.05, 3.63) is 59.4 Å². The predicted octanol–water partition coefficient (Wildman–Crippen LogP) is 4.05. The van der Waals surface area contributed by atoms with Crippen LogP contribution in [-0.2, 0) is 14.3 Å². The van der Waals surface area contributed by atoms with E-state index in [1.165, 1.54) is 29.5 Å². The van der Waals surface area contributed by atoms with E-state index in [2.05, 4.69) is 24.5 Å². The highest BCUT2D eigenvalue weighted by atomic mass is 16.5. The number of anilines is 1. The lowest BCUT2D eigenvalue weighted by Gasteiger charge is -2.21. The Morgan fingerprint density at radius 1 is 1.22 bits per heavy atom. The summed E-state index contributed by atoms with van der Waals surface area (Å²) in [6.07, 6.45) is 4.74. The second kappa shape index (κ2) is 7.82. The maximum atomic E-state index is 12.5. The molecule has 1 aliphatic carbocycles. The number of aromatic nitrogens is 1. The van der Waals surface area contributed by atoms with Gasteiger partial charge in [0.25, 0.3) is 5.91 Å². The summed E-state index contributed by atoms with van der Waals surface area (Å²) in [5, 5.41) is 0. The number of nitrogens with zero attached hydrogens (tertiary/aromatic N) is 2. The second-order valence-corrected chi connectivity index (χ2v) is 7.07. The van der Waals surface area contributed by atoms with Gasteiger partial charge in [0, 0.05) is 36.2 Å². The number of hydrogen-bond acceptors (Lipinski definition) is 3. The fraction of sp³-hybridized carbons (Fsp3) is 0.364.